The highest BCUT2D eigenvalue weighted by Crippen LogP contribution is 2.27. The largest absolute Gasteiger partial charge is 0.496 e. The lowest BCUT2D eigenvalue weighted by atomic mass is 10.1. The van der Waals surface area contributed by atoms with E-state index in [-0.39, 0.29) is 12.0 Å². The van der Waals surface area contributed by atoms with Gasteiger partial charge >= 0.3 is 0 Å². The van der Waals surface area contributed by atoms with Crippen LogP contribution in [0.2, 0.25) is 0 Å². The number of para-hydroxylation sites is 2. The van der Waals surface area contributed by atoms with E-state index < -0.39 is 0 Å². The van der Waals surface area contributed by atoms with Gasteiger partial charge in [-0.25, -0.2) is 4.98 Å². The minimum Gasteiger partial charge on any atom is -0.496 e. The number of hydrogen-bond donors (Lipinski definition) is 1. The molecule has 0 aliphatic rings. The summed E-state index contributed by atoms with van der Waals surface area (Å²) in [6.07, 6.45) is -0.292. The van der Waals surface area contributed by atoms with Crippen molar-refractivity contribution < 1.29 is 14.3 Å². The van der Waals surface area contributed by atoms with Gasteiger partial charge in [0.1, 0.15) is 11.9 Å². The fourth-order valence-corrected chi connectivity index (χ4v) is 3.37. The Morgan fingerprint density at radius 3 is 2.67 bits per heavy atom. The van der Waals surface area contributed by atoms with Crippen LogP contribution in [0.1, 0.15) is 21.5 Å². The van der Waals surface area contributed by atoms with E-state index in [0.717, 1.165) is 21.5 Å². The minimum absolute atomic E-state index is 0.201. The van der Waals surface area contributed by atoms with E-state index in [2.05, 4.69) is 10.3 Å². The molecule has 3 aromatic rings. The molecule has 24 heavy (non-hydrogen) atoms. The summed E-state index contributed by atoms with van der Waals surface area (Å²) in [6.45, 7) is 0.339. The van der Waals surface area contributed by atoms with Crippen LogP contribution in [0.4, 0.5) is 0 Å². The molecule has 2 aromatic carbocycles. The highest BCUT2D eigenvalue weighted by atomic mass is 32.1. The Labute approximate surface area is 144 Å². The molecule has 124 valence electrons. The van der Waals surface area contributed by atoms with E-state index in [0.29, 0.717) is 11.6 Å². The summed E-state index contributed by atoms with van der Waals surface area (Å²) in [4.78, 5) is 16.7. The molecule has 0 fully saturated rings. The Morgan fingerprint density at radius 1 is 1.17 bits per heavy atom. The number of rotatable bonds is 6. The van der Waals surface area contributed by atoms with Crippen LogP contribution in [0.15, 0.2) is 48.5 Å². The summed E-state index contributed by atoms with van der Waals surface area (Å²) in [6, 6.07) is 15.3. The van der Waals surface area contributed by atoms with Gasteiger partial charge in [-0.05, 0) is 18.2 Å². The quantitative estimate of drug-likeness (QED) is 0.746. The number of thiazole rings is 1. The first kappa shape index (κ1) is 16.4. The van der Waals surface area contributed by atoms with Gasteiger partial charge in [0.15, 0.2) is 5.01 Å². The van der Waals surface area contributed by atoms with E-state index in [1.165, 1.54) is 11.3 Å². The van der Waals surface area contributed by atoms with Crippen LogP contribution < -0.4 is 10.1 Å². The van der Waals surface area contributed by atoms with Gasteiger partial charge in [0.05, 0.1) is 17.3 Å². The van der Waals surface area contributed by atoms with Crippen LogP contribution in [-0.4, -0.2) is 31.7 Å². The van der Waals surface area contributed by atoms with Gasteiger partial charge in [0, 0.05) is 19.2 Å². The Bertz CT molecular complexity index is 814. The van der Waals surface area contributed by atoms with Crippen LogP contribution >= 0.6 is 11.3 Å². The van der Waals surface area contributed by atoms with Gasteiger partial charge in [-0.3, -0.25) is 4.79 Å². The molecule has 0 saturated carbocycles. The Balaban J connectivity index is 1.72. The van der Waals surface area contributed by atoms with Crippen molar-refractivity contribution >= 4 is 27.5 Å². The molecule has 6 heteroatoms. The standard InChI is InChI=1S/C18H18N2O3S/c1-22-14-9-5-3-7-12(14)15(23-2)11-19-17(21)18-20-13-8-4-6-10-16(13)24-18/h3-10,15H,11H2,1-2H3,(H,19,21). The first-order valence-corrected chi connectivity index (χ1v) is 8.34. The predicted molar refractivity (Wildman–Crippen MR) is 94.7 cm³/mol. The van der Waals surface area contributed by atoms with E-state index in [4.69, 9.17) is 9.47 Å². The van der Waals surface area contributed by atoms with E-state index >= 15 is 0 Å². The van der Waals surface area contributed by atoms with Gasteiger partial charge < -0.3 is 14.8 Å². The molecule has 1 N–H and O–H groups in total. The summed E-state index contributed by atoms with van der Waals surface area (Å²) in [5.74, 6) is 0.534. The predicted octanol–water partition coefficient (Wildman–Crippen LogP) is 3.42. The number of methoxy groups -OCH3 is 2. The SMILES string of the molecule is COc1ccccc1C(CNC(=O)c1nc2ccccc2s1)OC. The zero-order chi connectivity index (χ0) is 16.9. The molecule has 1 heterocycles. The molecule has 0 saturated heterocycles. The van der Waals surface area contributed by atoms with Crippen LogP contribution in [0.5, 0.6) is 5.75 Å². The number of amides is 1. The molecule has 0 aliphatic carbocycles. The van der Waals surface area contributed by atoms with E-state index in [1.807, 2.05) is 48.5 Å². The molecule has 0 spiro atoms. The topological polar surface area (TPSA) is 60.5 Å². The van der Waals surface area contributed by atoms with Crippen molar-refractivity contribution in [2.75, 3.05) is 20.8 Å². The molecule has 3 rings (SSSR count). The fourth-order valence-electron chi connectivity index (χ4n) is 2.48. The smallest absolute Gasteiger partial charge is 0.280 e. The summed E-state index contributed by atoms with van der Waals surface area (Å²) in [5, 5.41) is 3.34. The van der Waals surface area contributed by atoms with Crippen molar-refractivity contribution in [2.24, 2.45) is 0 Å². The number of carbonyl (C=O) groups excluding carboxylic acids is 1. The number of fused-ring (bicyclic) bond motifs is 1. The zero-order valence-corrected chi connectivity index (χ0v) is 14.3. The van der Waals surface area contributed by atoms with Gasteiger partial charge in [-0.2, -0.15) is 0 Å². The van der Waals surface area contributed by atoms with Crippen molar-refractivity contribution in [3.63, 3.8) is 0 Å². The minimum atomic E-state index is -0.292. The van der Waals surface area contributed by atoms with Crippen molar-refractivity contribution in [3.8, 4) is 5.75 Å². The third-order valence-corrected chi connectivity index (χ3v) is 4.74. The number of aromatic nitrogens is 1. The summed E-state index contributed by atoms with van der Waals surface area (Å²) >= 11 is 1.38. The second-order valence-electron chi connectivity index (χ2n) is 5.16. The molecule has 1 amide bonds. The van der Waals surface area contributed by atoms with Gasteiger partial charge in [0.2, 0.25) is 0 Å². The molecule has 0 aliphatic heterocycles. The third-order valence-electron chi connectivity index (χ3n) is 3.71. The highest BCUT2D eigenvalue weighted by molar-refractivity contribution is 7.20. The Morgan fingerprint density at radius 2 is 1.92 bits per heavy atom. The third kappa shape index (κ3) is 3.39. The molecule has 1 aromatic heterocycles. The summed E-state index contributed by atoms with van der Waals surface area (Å²) in [7, 11) is 3.23. The van der Waals surface area contributed by atoms with Crippen molar-refractivity contribution in [1.82, 2.24) is 10.3 Å². The first-order valence-electron chi connectivity index (χ1n) is 7.52. The van der Waals surface area contributed by atoms with Gasteiger partial charge in [0.25, 0.3) is 5.91 Å². The first-order chi connectivity index (χ1) is 11.7. The second kappa shape index (κ2) is 7.42. The highest BCUT2D eigenvalue weighted by Gasteiger charge is 2.18. The average Bonchev–Trinajstić information content (AvgIpc) is 3.06. The molecule has 0 bridgehead atoms. The number of benzene rings is 2. The number of hydrogen-bond acceptors (Lipinski definition) is 5. The Hall–Kier alpha value is -2.44. The lowest BCUT2D eigenvalue weighted by Gasteiger charge is -2.18. The molecule has 1 atom stereocenters. The molecule has 0 radical (unpaired) electrons. The molecular weight excluding hydrogens is 324 g/mol. The number of ether oxygens (including phenoxy) is 2. The molecule has 5 nitrogen and oxygen atoms in total. The lowest BCUT2D eigenvalue weighted by molar-refractivity contribution is 0.0819. The maximum atomic E-state index is 12.4. The lowest BCUT2D eigenvalue weighted by Crippen LogP contribution is -2.29. The van der Waals surface area contributed by atoms with Crippen LogP contribution in [-0.2, 0) is 4.74 Å². The average molecular weight is 342 g/mol. The molecule has 1 unspecified atom stereocenters. The second-order valence-corrected chi connectivity index (χ2v) is 6.19. The van der Waals surface area contributed by atoms with Crippen LogP contribution in [0.3, 0.4) is 0 Å². The van der Waals surface area contributed by atoms with Crippen LogP contribution in [0.25, 0.3) is 10.2 Å². The monoisotopic (exact) mass is 342 g/mol. The zero-order valence-electron chi connectivity index (χ0n) is 13.5. The van der Waals surface area contributed by atoms with E-state index in [9.17, 15) is 4.79 Å². The number of nitrogens with zero attached hydrogens (tertiary/aromatic N) is 1. The normalized spacial score (nSPS) is 12.1. The molecular formula is C18H18N2O3S. The fraction of sp³-hybridized carbons (Fsp3) is 0.222. The number of carbonyl (C=O) groups is 1. The summed E-state index contributed by atoms with van der Waals surface area (Å²) < 4.78 is 11.9. The Kier molecular flexibility index (Phi) is 5.08. The van der Waals surface area contributed by atoms with Gasteiger partial charge in [-0.1, -0.05) is 30.3 Å². The maximum absolute atomic E-state index is 12.4. The van der Waals surface area contributed by atoms with Crippen molar-refractivity contribution in [1.29, 1.82) is 0 Å². The van der Waals surface area contributed by atoms with Crippen molar-refractivity contribution in [2.45, 2.75) is 6.10 Å². The van der Waals surface area contributed by atoms with Gasteiger partial charge in [-0.15, -0.1) is 11.3 Å². The maximum Gasteiger partial charge on any atom is 0.280 e. The van der Waals surface area contributed by atoms with E-state index in [1.54, 1.807) is 14.2 Å². The van der Waals surface area contributed by atoms with Crippen molar-refractivity contribution in [3.05, 3.63) is 59.1 Å². The number of nitrogens with one attached hydrogen (secondary N) is 1. The summed E-state index contributed by atoms with van der Waals surface area (Å²) in [5.41, 5.74) is 1.73. The van der Waals surface area contributed by atoms with Crippen LogP contribution in [0, 0.1) is 0 Å².